The van der Waals surface area contributed by atoms with Crippen LogP contribution >= 0.6 is 0 Å². The molecule has 1 aromatic carbocycles. The molecule has 4 rings (SSSR count). The summed E-state index contributed by atoms with van der Waals surface area (Å²) in [5, 5.41) is 7.41. The van der Waals surface area contributed by atoms with Crippen LogP contribution in [-0.4, -0.2) is 32.2 Å². The third kappa shape index (κ3) is 4.23. The number of anilines is 1. The number of methoxy groups -OCH3 is 1. The Hall–Kier alpha value is -3.81. The summed E-state index contributed by atoms with van der Waals surface area (Å²) in [6, 6.07) is 7.83. The molecule has 0 aliphatic rings. The number of hydrogen-bond donors (Lipinski definition) is 1. The number of benzene rings is 1. The van der Waals surface area contributed by atoms with Gasteiger partial charge in [-0.15, -0.1) is 0 Å². The molecule has 158 valence electrons. The molecule has 0 radical (unpaired) electrons. The van der Waals surface area contributed by atoms with Crippen LogP contribution in [0.3, 0.4) is 0 Å². The minimum absolute atomic E-state index is 0.473. The van der Waals surface area contributed by atoms with Crippen LogP contribution in [0.1, 0.15) is 29.4 Å². The Morgan fingerprint density at radius 3 is 2.61 bits per heavy atom. The number of ether oxygens (including phenoxy) is 1. The molecule has 0 aliphatic heterocycles. The number of rotatable bonds is 7. The van der Waals surface area contributed by atoms with E-state index < -0.39 is 0 Å². The van der Waals surface area contributed by atoms with Gasteiger partial charge in [0.2, 0.25) is 5.95 Å². The molecule has 0 aliphatic carbocycles. The minimum atomic E-state index is 0.473. The van der Waals surface area contributed by atoms with Gasteiger partial charge in [0.1, 0.15) is 17.1 Å². The minimum Gasteiger partial charge on any atom is -0.496 e. The van der Waals surface area contributed by atoms with Gasteiger partial charge in [0.05, 0.1) is 30.3 Å². The molecular weight excluding hydrogens is 392 g/mol. The van der Waals surface area contributed by atoms with Gasteiger partial charge in [0.15, 0.2) is 5.76 Å². The predicted molar refractivity (Wildman–Crippen MR) is 118 cm³/mol. The van der Waals surface area contributed by atoms with E-state index in [2.05, 4.69) is 32.3 Å². The Kier molecular flexibility index (Phi) is 5.88. The van der Waals surface area contributed by atoms with Gasteiger partial charge in [-0.3, -0.25) is 9.97 Å². The van der Waals surface area contributed by atoms with Crippen molar-refractivity contribution in [2.24, 2.45) is 0 Å². The van der Waals surface area contributed by atoms with Crippen LogP contribution in [0.15, 0.2) is 47.4 Å². The fraction of sp³-hybridized carbons (Fsp3) is 0.261. The van der Waals surface area contributed by atoms with Crippen molar-refractivity contribution in [1.29, 1.82) is 0 Å². The second-order valence-corrected chi connectivity index (χ2v) is 7.09. The molecule has 8 heteroatoms. The van der Waals surface area contributed by atoms with Gasteiger partial charge in [-0.1, -0.05) is 30.3 Å². The van der Waals surface area contributed by atoms with Crippen molar-refractivity contribution >= 4 is 5.95 Å². The maximum absolute atomic E-state index is 5.64. The van der Waals surface area contributed by atoms with Crippen molar-refractivity contribution in [1.82, 2.24) is 25.1 Å². The summed E-state index contributed by atoms with van der Waals surface area (Å²) in [5.41, 5.74) is 5.73. The van der Waals surface area contributed by atoms with Gasteiger partial charge in [0.25, 0.3) is 0 Å². The Morgan fingerprint density at radius 2 is 1.87 bits per heavy atom. The summed E-state index contributed by atoms with van der Waals surface area (Å²) in [5.74, 6) is 1.94. The molecule has 0 atom stereocenters. The van der Waals surface area contributed by atoms with E-state index in [0.717, 1.165) is 40.2 Å². The van der Waals surface area contributed by atoms with E-state index in [0.29, 0.717) is 29.6 Å². The van der Waals surface area contributed by atoms with Gasteiger partial charge < -0.3 is 14.6 Å². The highest BCUT2D eigenvalue weighted by Crippen LogP contribution is 2.33. The quantitative estimate of drug-likeness (QED) is 0.474. The lowest BCUT2D eigenvalue weighted by molar-refractivity contribution is 0.410. The summed E-state index contributed by atoms with van der Waals surface area (Å²) in [6.07, 6.45) is 5.96. The van der Waals surface area contributed by atoms with Crippen LogP contribution in [0.25, 0.3) is 22.7 Å². The molecule has 0 fully saturated rings. The van der Waals surface area contributed by atoms with E-state index in [4.69, 9.17) is 14.2 Å². The second-order valence-electron chi connectivity index (χ2n) is 7.09. The highest BCUT2D eigenvalue weighted by Gasteiger charge is 2.21. The molecule has 0 amide bonds. The van der Waals surface area contributed by atoms with E-state index in [9.17, 15) is 0 Å². The molecule has 0 saturated carbocycles. The van der Waals surface area contributed by atoms with Gasteiger partial charge in [-0.2, -0.15) is 0 Å². The molecule has 1 N–H and O–H groups in total. The number of nitrogens with zero attached hydrogens (tertiary/aromatic N) is 5. The summed E-state index contributed by atoms with van der Waals surface area (Å²) in [7, 11) is 1.66. The topological polar surface area (TPSA) is 98.9 Å². The lowest BCUT2D eigenvalue weighted by Gasteiger charge is -2.12. The fourth-order valence-corrected chi connectivity index (χ4v) is 3.38. The lowest BCUT2D eigenvalue weighted by atomic mass is 10.0. The SMILES string of the molecule is CCc1c(C)noc1-c1cnc(NCc2ccccc2OC)nc1-c1cnc(C)cn1. The Bertz CT molecular complexity index is 1190. The molecule has 3 aromatic heterocycles. The zero-order valence-electron chi connectivity index (χ0n) is 18.0. The summed E-state index contributed by atoms with van der Waals surface area (Å²) >= 11 is 0. The first-order valence-corrected chi connectivity index (χ1v) is 10.1. The van der Waals surface area contributed by atoms with Crippen molar-refractivity contribution in [2.75, 3.05) is 12.4 Å². The summed E-state index contributed by atoms with van der Waals surface area (Å²) in [4.78, 5) is 18.2. The summed E-state index contributed by atoms with van der Waals surface area (Å²) in [6.45, 7) is 6.41. The first-order chi connectivity index (χ1) is 15.1. The predicted octanol–water partition coefficient (Wildman–Crippen LogP) is 4.39. The molecular formula is C23H24N6O2. The van der Waals surface area contributed by atoms with E-state index in [-0.39, 0.29) is 0 Å². The van der Waals surface area contributed by atoms with Crippen molar-refractivity contribution < 1.29 is 9.26 Å². The maximum atomic E-state index is 5.64. The molecule has 8 nitrogen and oxygen atoms in total. The van der Waals surface area contributed by atoms with Crippen LogP contribution in [0.2, 0.25) is 0 Å². The molecule has 4 aromatic rings. The van der Waals surface area contributed by atoms with Crippen LogP contribution in [0, 0.1) is 13.8 Å². The van der Waals surface area contributed by atoms with Crippen LogP contribution in [0.5, 0.6) is 5.75 Å². The van der Waals surface area contributed by atoms with Crippen molar-refractivity contribution in [3.05, 3.63) is 65.4 Å². The number of hydrogen-bond acceptors (Lipinski definition) is 8. The zero-order valence-corrected chi connectivity index (χ0v) is 18.0. The van der Waals surface area contributed by atoms with Gasteiger partial charge in [-0.05, 0) is 26.3 Å². The average molecular weight is 416 g/mol. The second kappa shape index (κ2) is 8.91. The van der Waals surface area contributed by atoms with E-state index in [1.54, 1.807) is 25.7 Å². The molecule has 0 saturated heterocycles. The largest absolute Gasteiger partial charge is 0.496 e. The van der Waals surface area contributed by atoms with E-state index >= 15 is 0 Å². The smallest absolute Gasteiger partial charge is 0.223 e. The van der Waals surface area contributed by atoms with Crippen molar-refractivity contribution in [3.63, 3.8) is 0 Å². The summed E-state index contributed by atoms with van der Waals surface area (Å²) < 4.78 is 11.1. The van der Waals surface area contributed by atoms with Crippen LogP contribution in [0.4, 0.5) is 5.95 Å². The van der Waals surface area contributed by atoms with E-state index in [1.807, 2.05) is 38.1 Å². The number of para-hydroxylation sites is 1. The number of aromatic nitrogens is 5. The molecule has 0 spiro atoms. The third-order valence-electron chi connectivity index (χ3n) is 5.02. The first kappa shape index (κ1) is 20.5. The van der Waals surface area contributed by atoms with Crippen LogP contribution in [-0.2, 0) is 13.0 Å². The molecule has 31 heavy (non-hydrogen) atoms. The third-order valence-corrected chi connectivity index (χ3v) is 5.02. The van der Waals surface area contributed by atoms with Crippen molar-refractivity contribution in [2.45, 2.75) is 33.7 Å². The highest BCUT2D eigenvalue weighted by atomic mass is 16.5. The normalized spacial score (nSPS) is 10.8. The van der Waals surface area contributed by atoms with E-state index in [1.165, 1.54) is 0 Å². The molecule has 0 unspecified atom stereocenters. The average Bonchev–Trinajstić information content (AvgIpc) is 3.18. The van der Waals surface area contributed by atoms with Gasteiger partial charge >= 0.3 is 0 Å². The standard InChI is InChI=1S/C23H24N6O2/c1-5-17-15(3)29-31-22(17)18-12-27-23(26-11-16-8-6-7-9-20(16)30-4)28-21(18)19-13-24-14(2)10-25-19/h6-10,12-13H,5,11H2,1-4H3,(H,26,27,28). The zero-order chi connectivity index (χ0) is 21.8. The van der Waals surface area contributed by atoms with Crippen LogP contribution < -0.4 is 10.1 Å². The van der Waals surface area contributed by atoms with Gasteiger partial charge in [-0.25, -0.2) is 9.97 Å². The highest BCUT2D eigenvalue weighted by molar-refractivity contribution is 5.78. The van der Waals surface area contributed by atoms with Crippen molar-refractivity contribution in [3.8, 4) is 28.5 Å². The first-order valence-electron chi connectivity index (χ1n) is 10.1. The lowest BCUT2D eigenvalue weighted by Crippen LogP contribution is -2.06. The fourth-order valence-electron chi connectivity index (χ4n) is 3.38. The monoisotopic (exact) mass is 416 g/mol. The number of nitrogens with one attached hydrogen (secondary N) is 1. The Morgan fingerprint density at radius 1 is 1.03 bits per heavy atom. The van der Waals surface area contributed by atoms with Gasteiger partial charge in [0, 0.05) is 30.1 Å². The molecule has 3 heterocycles. The Balaban J connectivity index is 1.74. The maximum Gasteiger partial charge on any atom is 0.223 e. The number of aryl methyl sites for hydroxylation is 2. The Labute approximate surface area is 180 Å². The molecule has 0 bridgehead atoms.